The van der Waals surface area contributed by atoms with Gasteiger partial charge in [-0.1, -0.05) is 40.9 Å². The van der Waals surface area contributed by atoms with E-state index in [0.717, 1.165) is 42.8 Å². The van der Waals surface area contributed by atoms with Crippen LogP contribution in [0.1, 0.15) is 92.4 Å². The van der Waals surface area contributed by atoms with Crippen molar-refractivity contribution in [3.63, 3.8) is 0 Å². The maximum Gasteiger partial charge on any atom is 0.410 e. The van der Waals surface area contributed by atoms with Gasteiger partial charge in [-0.3, -0.25) is 9.59 Å². The zero-order chi connectivity index (χ0) is 38.2. The summed E-state index contributed by atoms with van der Waals surface area (Å²) in [6.07, 6.45) is 4.41. The molecule has 0 bridgehead atoms. The smallest absolute Gasteiger partial charge is 0.410 e. The third-order valence-electron chi connectivity index (χ3n) is 10.2. The van der Waals surface area contributed by atoms with E-state index in [9.17, 15) is 14.4 Å². The van der Waals surface area contributed by atoms with Crippen molar-refractivity contribution in [1.29, 1.82) is 0 Å². The van der Waals surface area contributed by atoms with Crippen molar-refractivity contribution in [3.8, 4) is 5.75 Å². The Labute approximate surface area is 327 Å². The Balaban J connectivity index is 1.24. The van der Waals surface area contributed by atoms with Gasteiger partial charge < -0.3 is 29.5 Å². The second-order valence-corrected chi connectivity index (χ2v) is 16.6. The van der Waals surface area contributed by atoms with Gasteiger partial charge in [0, 0.05) is 61.8 Å². The summed E-state index contributed by atoms with van der Waals surface area (Å²) in [6, 6.07) is 12.5. The van der Waals surface area contributed by atoms with Crippen LogP contribution in [0.2, 0.25) is 15.1 Å². The highest BCUT2D eigenvalue weighted by molar-refractivity contribution is 6.37. The summed E-state index contributed by atoms with van der Waals surface area (Å²) in [5.41, 5.74) is 2.40. The highest BCUT2D eigenvalue weighted by Gasteiger charge is 2.45. The molecule has 1 unspecified atom stereocenters. The fourth-order valence-corrected chi connectivity index (χ4v) is 8.39. The monoisotopic (exact) mass is 783 g/mol. The molecule has 3 heterocycles. The molecule has 10 nitrogen and oxygen atoms in total. The highest BCUT2D eigenvalue weighted by atomic mass is 35.5. The Hall–Kier alpha value is -3.73. The van der Waals surface area contributed by atoms with Gasteiger partial charge in [-0.05, 0) is 107 Å². The fraction of sp³-hybridized carbons (Fsp3) is 0.500. The maximum absolute atomic E-state index is 14.9. The molecular formula is C40H48Cl3N5O5. The predicted molar refractivity (Wildman–Crippen MR) is 208 cm³/mol. The molecule has 0 spiro atoms. The number of aromatic nitrogens is 1. The summed E-state index contributed by atoms with van der Waals surface area (Å²) in [6.45, 7) is 11.4. The molecule has 3 amide bonds. The Morgan fingerprint density at radius 3 is 2.28 bits per heavy atom. The summed E-state index contributed by atoms with van der Waals surface area (Å²) < 4.78 is 12.0. The van der Waals surface area contributed by atoms with Crippen LogP contribution in [0.15, 0.2) is 48.7 Å². The highest BCUT2D eigenvalue weighted by Crippen LogP contribution is 2.43. The lowest BCUT2D eigenvalue weighted by Crippen LogP contribution is -2.51. The number of piperidine rings is 1. The van der Waals surface area contributed by atoms with E-state index in [4.69, 9.17) is 49.3 Å². The van der Waals surface area contributed by atoms with E-state index in [1.54, 1.807) is 30.1 Å². The first-order valence-electron chi connectivity index (χ1n) is 18.3. The number of amides is 3. The van der Waals surface area contributed by atoms with Gasteiger partial charge >= 0.3 is 6.09 Å². The van der Waals surface area contributed by atoms with E-state index < -0.39 is 23.7 Å². The van der Waals surface area contributed by atoms with Gasteiger partial charge in [-0.15, -0.1) is 0 Å². The summed E-state index contributed by atoms with van der Waals surface area (Å²) in [5, 5.41) is 4.14. The average molecular weight is 785 g/mol. The molecule has 1 aliphatic carbocycles. The Morgan fingerprint density at radius 1 is 0.943 bits per heavy atom. The number of hydrogen-bond donors (Lipinski definition) is 1. The van der Waals surface area contributed by atoms with Crippen molar-refractivity contribution >= 4 is 58.5 Å². The molecule has 4 atom stereocenters. The largest absolute Gasteiger partial charge is 0.485 e. The fourth-order valence-electron chi connectivity index (χ4n) is 7.43. The molecule has 1 aromatic heterocycles. The minimum Gasteiger partial charge on any atom is -0.485 e. The molecule has 1 N–H and O–H groups in total. The van der Waals surface area contributed by atoms with Crippen molar-refractivity contribution < 1.29 is 23.9 Å². The van der Waals surface area contributed by atoms with Crippen LogP contribution in [-0.2, 0) is 9.53 Å². The number of benzene rings is 2. The van der Waals surface area contributed by atoms with Crippen LogP contribution in [0.5, 0.6) is 5.75 Å². The molecule has 3 fully saturated rings. The van der Waals surface area contributed by atoms with Crippen molar-refractivity contribution in [2.45, 2.75) is 90.0 Å². The molecule has 53 heavy (non-hydrogen) atoms. The van der Waals surface area contributed by atoms with Crippen LogP contribution in [0.3, 0.4) is 0 Å². The predicted octanol–water partition coefficient (Wildman–Crippen LogP) is 8.46. The number of nitrogens with zero attached hydrogens (tertiary/aromatic N) is 4. The van der Waals surface area contributed by atoms with Crippen LogP contribution < -0.4 is 15.0 Å². The Bertz CT molecular complexity index is 1820. The zero-order valence-corrected chi connectivity index (χ0v) is 33.4. The van der Waals surface area contributed by atoms with Gasteiger partial charge in [-0.25, -0.2) is 9.78 Å². The maximum atomic E-state index is 14.9. The van der Waals surface area contributed by atoms with Gasteiger partial charge in [0.05, 0.1) is 28.5 Å². The number of anilines is 1. The Kier molecular flexibility index (Phi) is 11.7. The second kappa shape index (κ2) is 15.9. The zero-order valence-electron chi connectivity index (χ0n) is 31.1. The number of rotatable bonds is 9. The number of nitrogens with one attached hydrogen (secondary N) is 1. The Morgan fingerprint density at radius 2 is 1.66 bits per heavy atom. The SMILES string of the molecule is CNC(=O)c1ccc(Cl)c(C(C)N(C(=O)[C@@H]2CN(C(=O)OC(C)(C)C)CC[C@H]2c2ccc(N3CC[C@@H](Oc4c(Cl)cc(C)cc4Cl)C3)nc2)C2CC2)c1. The van der Waals surface area contributed by atoms with E-state index in [0.29, 0.717) is 51.5 Å². The summed E-state index contributed by atoms with van der Waals surface area (Å²) in [4.78, 5) is 51.4. The summed E-state index contributed by atoms with van der Waals surface area (Å²) >= 11 is 19.6. The normalized spacial score (nSPS) is 20.9. The quantitative estimate of drug-likeness (QED) is 0.232. The molecule has 3 aliphatic rings. The number of likely N-dealkylation sites (tertiary alicyclic amines) is 1. The first-order valence-corrected chi connectivity index (χ1v) is 19.4. The summed E-state index contributed by atoms with van der Waals surface area (Å²) in [7, 11) is 1.58. The standard InChI is InChI=1S/C40H48Cl3N5O5/c1-23-17-33(42)36(34(43)18-23)52-28-13-15-46(21-28)35-12-8-26(20-45-35)29-14-16-47(39(51)53-40(3,4)5)22-31(29)38(50)48(27-9-10-27)24(2)30-19-25(37(49)44-6)7-11-32(30)41/h7-8,11-12,17-20,24,27-29,31H,9-10,13-16,21-22H2,1-6H3,(H,44,49)/t24?,28-,29+,31-/m1/s1. The molecule has 2 saturated heterocycles. The number of hydrogen-bond acceptors (Lipinski definition) is 7. The van der Waals surface area contributed by atoms with Gasteiger partial charge in [-0.2, -0.15) is 0 Å². The van der Waals surface area contributed by atoms with Crippen LogP contribution in [-0.4, -0.2) is 83.7 Å². The van der Waals surface area contributed by atoms with Crippen molar-refractivity contribution in [2.24, 2.45) is 5.92 Å². The van der Waals surface area contributed by atoms with Crippen molar-refractivity contribution in [2.75, 3.05) is 38.1 Å². The average Bonchev–Trinajstić information content (AvgIpc) is 3.84. The third kappa shape index (κ3) is 8.98. The van der Waals surface area contributed by atoms with Gasteiger partial charge in [0.2, 0.25) is 5.91 Å². The van der Waals surface area contributed by atoms with Crippen LogP contribution in [0.4, 0.5) is 10.6 Å². The lowest BCUT2D eigenvalue weighted by Gasteiger charge is -2.42. The number of pyridine rings is 1. The first-order chi connectivity index (χ1) is 25.1. The molecule has 6 rings (SSSR count). The van der Waals surface area contributed by atoms with Crippen LogP contribution >= 0.6 is 34.8 Å². The van der Waals surface area contributed by atoms with Crippen LogP contribution in [0, 0.1) is 12.8 Å². The third-order valence-corrected chi connectivity index (χ3v) is 11.1. The van der Waals surface area contributed by atoms with Gasteiger partial charge in [0.25, 0.3) is 5.91 Å². The van der Waals surface area contributed by atoms with Crippen LogP contribution in [0.25, 0.3) is 0 Å². The minimum absolute atomic E-state index is 0.0327. The number of halogens is 3. The van der Waals surface area contributed by atoms with E-state index >= 15 is 0 Å². The molecule has 13 heteroatoms. The van der Waals surface area contributed by atoms with E-state index in [1.807, 2.05) is 70.0 Å². The lowest BCUT2D eigenvalue weighted by molar-refractivity contribution is -0.141. The molecule has 2 aliphatic heterocycles. The number of aryl methyl sites for hydroxylation is 1. The minimum atomic E-state index is -0.674. The second-order valence-electron chi connectivity index (χ2n) is 15.4. The molecule has 0 radical (unpaired) electrons. The topological polar surface area (TPSA) is 104 Å². The number of carbonyl (C=O) groups excluding carboxylic acids is 3. The van der Waals surface area contributed by atoms with Crippen molar-refractivity contribution in [3.05, 3.63) is 86.0 Å². The van der Waals surface area contributed by atoms with E-state index in [-0.39, 0.29) is 36.4 Å². The first kappa shape index (κ1) is 39.0. The molecular weight excluding hydrogens is 737 g/mol. The summed E-state index contributed by atoms with van der Waals surface area (Å²) in [5.74, 6) is 0.280. The molecule has 2 aromatic carbocycles. The number of carbonyl (C=O) groups is 3. The lowest BCUT2D eigenvalue weighted by atomic mass is 9.79. The molecule has 1 saturated carbocycles. The van der Waals surface area contributed by atoms with Gasteiger partial charge in [0.15, 0.2) is 5.75 Å². The molecule has 284 valence electrons. The van der Waals surface area contributed by atoms with Crippen molar-refractivity contribution in [1.82, 2.24) is 20.1 Å². The van der Waals surface area contributed by atoms with Gasteiger partial charge in [0.1, 0.15) is 17.5 Å². The molecule has 3 aromatic rings. The number of ether oxygens (including phenoxy) is 2. The van der Waals surface area contributed by atoms with E-state index in [1.165, 1.54) is 0 Å². The van der Waals surface area contributed by atoms with E-state index in [2.05, 4.69) is 10.2 Å².